The lowest BCUT2D eigenvalue weighted by atomic mass is 9.88. The van der Waals surface area contributed by atoms with Crippen LogP contribution in [0.4, 0.5) is 10.8 Å². The van der Waals surface area contributed by atoms with Crippen molar-refractivity contribution in [1.82, 2.24) is 9.97 Å². The summed E-state index contributed by atoms with van der Waals surface area (Å²) in [5.41, 5.74) is 2.14. The molecule has 32 heavy (non-hydrogen) atoms. The Morgan fingerprint density at radius 2 is 1.88 bits per heavy atom. The molecule has 0 spiro atoms. The molecule has 2 heterocycles. The Hall–Kier alpha value is -2.49. The van der Waals surface area contributed by atoms with E-state index < -0.39 is 15.4 Å². The smallest absolute Gasteiger partial charge is 0.238 e. The fourth-order valence-electron chi connectivity index (χ4n) is 3.28. The molecule has 0 saturated heterocycles. The average Bonchev–Trinajstić information content (AvgIpc) is 3.53. The highest BCUT2D eigenvalue weighted by atomic mass is 35.5. The van der Waals surface area contributed by atoms with Gasteiger partial charge in [0.2, 0.25) is 15.9 Å². The second-order valence-corrected chi connectivity index (χ2v) is 11.6. The van der Waals surface area contributed by atoms with Gasteiger partial charge in [-0.05, 0) is 50.5 Å². The van der Waals surface area contributed by atoms with E-state index in [2.05, 4.69) is 14.7 Å². The summed E-state index contributed by atoms with van der Waals surface area (Å²) in [6, 6.07) is 9.37. The number of carbonyl (C=O) groups is 1. The summed E-state index contributed by atoms with van der Waals surface area (Å²) < 4.78 is 26.9. The van der Waals surface area contributed by atoms with Gasteiger partial charge in [0.05, 0.1) is 21.4 Å². The molecule has 0 radical (unpaired) electrons. The van der Waals surface area contributed by atoms with Gasteiger partial charge in [-0.25, -0.2) is 13.4 Å². The summed E-state index contributed by atoms with van der Waals surface area (Å²) in [6.45, 7) is 3.57. The van der Waals surface area contributed by atoms with Crippen LogP contribution in [0.2, 0.25) is 5.02 Å². The molecule has 4 rings (SSSR count). The number of halogens is 1. The zero-order chi connectivity index (χ0) is 23.1. The number of hydrogen-bond donors (Lipinski definition) is 1. The lowest BCUT2D eigenvalue weighted by Gasteiger charge is -2.28. The number of nitrogens with one attached hydrogen (secondary N) is 1. The maximum absolute atomic E-state index is 13.3. The number of rotatable bonds is 7. The summed E-state index contributed by atoms with van der Waals surface area (Å²) in [7, 11) is -1.68. The monoisotopic (exact) mass is 490 g/mol. The maximum Gasteiger partial charge on any atom is 0.238 e. The standard InChI is InChI=1S/C22H23ClN4O3S2/c1-22(2,19-13-31-21(25-19)26-32(29,30)18-8-9-18)20(28)27(3)17-6-4-14(5-7-17)15-10-16(23)12-24-11-15/h4-7,10-13,18H,8-9H2,1-3H3,(H,25,26). The average molecular weight is 491 g/mol. The molecule has 1 amide bonds. The normalized spacial score (nSPS) is 14.2. The molecule has 7 nitrogen and oxygen atoms in total. The quantitative estimate of drug-likeness (QED) is 0.518. The van der Waals surface area contributed by atoms with Crippen molar-refractivity contribution in [2.45, 2.75) is 37.4 Å². The second-order valence-electron chi connectivity index (χ2n) is 8.31. The van der Waals surface area contributed by atoms with Crippen molar-refractivity contribution in [3.8, 4) is 11.1 Å². The number of thiazole rings is 1. The van der Waals surface area contributed by atoms with Crippen LogP contribution in [0.25, 0.3) is 11.1 Å². The van der Waals surface area contributed by atoms with E-state index in [-0.39, 0.29) is 16.3 Å². The fraction of sp³-hybridized carbons (Fsp3) is 0.318. The van der Waals surface area contributed by atoms with Crippen LogP contribution in [0.1, 0.15) is 32.4 Å². The maximum atomic E-state index is 13.3. The number of nitrogens with zero attached hydrogens (tertiary/aromatic N) is 3. The number of sulfonamides is 1. The first-order chi connectivity index (χ1) is 15.1. The largest absolute Gasteiger partial charge is 0.315 e. The number of likely N-dealkylation sites (N-methyl/N-ethyl adjacent to an activating group) is 1. The number of amides is 1. The molecule has 2 aromatic heterocycles. The van der Waals surface area contributed by atoms with Gasteiger partial charge < -0.3 is 4.90 Å². The van der Waals surface area contributed by atoms with Crippen LogP contribution in [0.15, 0.2) is 48.1 Å². The van der Waals surface area contributed by atoms with E-state index in [4.69, 9.17) is 11.6 Å². The van der Waals surface area contributed by atoms with Crippen LogP contribution in [-0.2, 0) is 20.2 Å². The lowest BCUT2D eigenvalue weighted by Crippen LogP contribution is -2.41. The van der Waals surface area contributed by atoms with Gasteiger partial charge in [-0.2, -0.15) is 0 Å². The second kappa shape index (κ2) is 8.46. The van der Waals surface area contributed by atoms with E-state index in [1.165, 1.54) is 11.3 Å². The molecule has 0 atom stereocenters. The van der Waals surface area contributed by atoms with E-state index in [1.807, 2.05) is 30.3 Å². The van der Waals surface area contributed by atoms with Crippen LogP contribution in [0.3, 0.4) is 0 Å². The number of carbonyl (C=O) groups excluding carboxylic acids is 1. The van der Waals surface area contributed by atoms with Gasteiger partial charge in [-0.1, -0.05) is 23.7 Å². The zero-order valence-corrected chi connectivity index (χ0v) is 20.3. The van der Waals surface area contributed by atoms with Crippen molar-refractivity contribution in [3.05, 3.63) is 58.8 Å². The summed E-state index contributed by atoms with van der Waals surface area (Å²) in [5.74, 6) is -0.156. The van der Waals surface area contributed by atoms with Crippen LogP contribution < -0.4 is 9.62 Å². The molecular weight excluding hydrogens is 468 g/mol. The van der Waals surface area contributed by atoms with Crippen LogP contribution in [0.5, 0.6) is 0 Å². The Morgan fingerprint density at radius 3 is 2.50 bits per heavy atom. The lowest BCUT2D eigenvalue weighted by molar-refractivity contribution is -0.122. The minimum Gasteiger partial charge on any atom is -0.315 e. The number of hydrogen-bond acceptors (Lipinski definition) is 6. The first-order valence-electron chi connectivity index (χ1n) is 10.0. The molecule has 0 unspecified atom stereocenters. The fourth-order valence-corrected chi connectivity index (χ4v) is 5.93. The van der Waals surface area contributed by atoms with Crippen LogP contribution >= 0.6 is 22.9 Å². The zero-order valence-electron chi connectivity index (χ0n) is 17.9. The highest BCUT2D eigenvalue weighted by molar-refractivity contribution is 7.93. The summed E-state index contributed by atoms with van der Waals surface area (Å²) >= 11 is 7.21. The number of anilines is 2. The molecule has 1 N–H and O–H groups in total. The van der Waals surface area contributed by atoms with Crippen molar-refractivity contribution >= 4 is 49.7 Å². The summed E-state index contributed by atoms with van der Waals surface area (Å²) in [6.07, 6.45) is 4.66. The molecule has 1 aromatic carbocycles. The molecule has 1 fully saturated rings. The van der Waals surface area contributed by atoms with Gasteiger partial charge in [0.15, 0.2) is 5.13 Å². The predicted molar refractivity (Wildman–Crippen MR) is 129 cm³/mol. The first-order valence-corrected chi connectivity index (χ1v) is 12.8. The molecular formula is C22H23ClN4O3S2. The van der Waals surface area contributed by atoms with Gasteiger partial charge in [0.1, 0.15) is 0 Å². The summed E-state index contributed by atoms with van der Waals surface area (Å²) in [4.78, 5) is 23.4. The van der Waals surface area contributed by atoms with E-state index >= 15 is 0 Å². The van der Waals surface area contributed by atoms with Gasteiger partial charge in [-0.15, -0.1) is 11.3 Å². The van der Waals surface area contributed by atoms with Crippen molar-refractivity contribution in [1.29, 1.82) is 0 Å². The topological polar surface area (TPSA) is 92.3 Å². The van der Waals surface area contributed by atoms with E-state index in [1.54, 1.807) is 43.6 Å². The molecule has 168 valence electrons. The van der Waals surface area contributed by atoms with E-state index in [0.717, 1.165) is 16.8 Å². The molecule has 1 saturated carbocycles. The van der Waals surface area contributed by atoms with Crippen LogP contribution in [0, 0.1) is 0 Å². The van der Waals surface area contributed by atoms with E-state index in [0.29, 0.717) is 23.6 Å². The Morgan fingerprint density at radius 1 is 1.19 bits per heavy atom. The third-order valence-electron chi connectivity index (χ3n) is 5.47. The molecule has 1 aliphatic carbocycles. The van der Waals surface area contributed by atoms with Gasteiger partial charge in [-0.3, -0.25) is 14.5 Å². The van der Waals surface area contributed by atoms with Crippen molar-refractivity contribution in [2.24, 2.45) is 0 Å². The van der Waals surface area contributed by atoms with Gasteiger partial charge in [0.25, 0.3) is 0 Å². The van der Waals surface area contributed by atoms with Crippen molar-refractivity contribution < 1.29 is 13.2 Å². The Bertz CT molecular complexity index is 1250. The number of pyridine rings is 1. The number of benzene rings is 1. The molecule has 1 aliphatic rings. The predicted octanol–water partition coefficient (Wildman–Crippen LogP) is 4.70. The van der Waals surface area contributed by atoms with Gasteiger partial charge >= 0.3 is 0 Å². The van der Waals surface area contributed by atoms with Crippen LogP contribution in [-0.4, -0.2) is 36.6 Å². The minimum absolute atomic E-state index is 0.156. The number of aromatic nitrogens is 2. The minimum atomic E-state index is -3.39. The molecule has 0 bridgehead atoms. The summed E-state index contributed by atoms with van der Waals surface area (Å²) in [5, 5.41) is 2.24. The van der Waals surface area contributed by atoms with E-state index in [9.17, 15) is 13.2 Å². The molecule has 0 aliphatic heterocycles. The highest BCUT2D eigenvalue weighted by Crippen LogP contribution is 2.34. The molecule has 10 heteroatoms. The third-order valence-corrected chi connectivity index (χ3v) is 8.39. The van der Waals surface area contributed by atoms with Crippen molar-refractivity contribution in [3.63, 3.8) is 0 Å². The van der Waals surface area contributed by atoms with Crippen molar-refractivity contribution in [2.75, 3.05) is 16.7 Å². The Kier molecular flexibility index (Phi) is 6.00. The van der Waals surface area contributed by atoms with Gasteiger partial charge in [0, 0.05) is 36.1 Å². The first kappa shape index (κ1) is 22.7. The SMILES string of the molecule is CN(C(=O)C(C)(C)c1csc(NS(=O)(=O)C2CC2)n1)c1ccc(-c2cncc(Cl)c2)cc1. The Labute approximate surface area is 196 Å². The Balaban J connectivity index is 1.50. The highest BCUT2D eigenvalue weighted by Gasteiger charge is 2.38. The third kappa shape index (κ3) is 4.65. The molecule has 3 aromatic rings.